The van der Waals surface area contributed by atoms with Crippen molar-refractivity contribution in [1.82, 2.24) is 5.32 Å². The van der Waals surface area contributed by atoms with Gasteiger partial charge in [0.2, 0.25) is 0 Å². The molecule has 0 aliphatic heterocycles. The van der Waals surface area contributed by atoms with E-state index in [0.717, 1.165) is 23.7 Å². The molecule has 1 aromatic rings. The number of rotatable bonds is 7. The van der Waals surface area contributed by atoms with Gasteiger partial charge in [0, 0.05) is 16.5 Å². The van der Waals surface area contributed by atoms with Gasteiger partial charge in [-0.15, -0.1) is 0 Å². The summed E-state index contributed by atoms with van der Waals surface area (Å²) in [6.45, 7) is 4.29. The molecule has 118 valence electrons. The van der Waals surface area contributed by atoms with Gasteiger partial charge in [-0.25, -0.2) is 0 Å². The molecular weight excluding hydrogens is 342 g/mol. The molecule has 1 fully saturated rings. The van der Waals surface area contributed by atoms with E-state index in [1.165, 1.54) is 5.56 Å². The fourth-order valence-electron chi connectivity index (χ4n) is 2.72. The molecule has 0 spiro atoms. The first-order chi connectivity index (χ1) is 10.5. The molecule has 1 aliphatic carbocycles. The average molecular weight is 365 g/mol. The molecule has 0 unspecified atom stereocenters. The van der Waals surface area contributed by atoms with E-state index >= 15 is 0 Å². The number of carbonyl (C=O) groups excluding carboxylic acids is 1. The van der Waals surface area contributed by atoms with Crippen molar-refractivity contribution >= 4 is 21.8 Å². The first-order valence-electron chi connectivity index (χ1n) is 7.79. The van der Waals surface area contributed by atoms with Crippen molar-refractivity contribution in [2.45, 2.75) is 44.7 Å². The normalized spacial score (nSPS) is 18.1. The molecule has 22 heavy (non-hydrogen) atoms. The van der Waals surface area contributed by atoms with Crippen LogP contribution in [-0.2, 0) is 4.79 Å². The minimum absolute atomic E-state index is 0.0634. The second-order valence-electron chi connectivity index (χ2n) is 6.14. The van der Waals surface area contributed by atoms with Crippen LogP contribution in [-0.4, -0.2) is 18.0 Å². The van der Waals surface area contributed by atoms with Gasteiger partial charge in [0.15, 0.2) is 6.54 Å². The molecule has 1 amide bonds. The minimum atomic E-state index is -0.704. The molecule has 1 aromatic carbocycles. The summed E-state index contributed by atoms with van der Waals surface area (Å²) in [5.41, 5.74) is 0.508. The molecule has 0 heterocycles. The Morgan fingerprint density at radius 2 is 2.14 bits per heavy atom. The van der Waals surface area contributed by atoms with Crippen LogP contribution in [0.1, 0.15) is 44.7 Å². The minimum Gasteiger partial charge on any atom is -0.333 e. The number of carbonyl (C=O) groups is 1. The Bertz CT molecular complexity index is 562. The van der Waals surface area contributed by atoms with Crippen molar-refractivity contribution in [2.24, 2.45) is 5.92 Å². The first-order valence-corrected chi connectivity index (χ1v) is 8.59. The third kappa shape index (κ3) is 4.31. The van der Waals surface area contributed by atoms with E-state index in [1.54, 1.807) is 0 Å². The fourth-order valence-corrected chi connectivity index (χ4v) is 2.98. The molecule has 0 saturated heterocycles. The maximum atomic E-state index is 12.2. The number of nitrogens with one attached hydrogen (secondary N) is 1. The van der Waals surface area contributed by atoms with Gasteiger partial charge in [-0.3, -0.25) is 4.79 Å². The van der Waals surface area contributed by atoms with Crippen LogP contribution in [0.5, 0.6) is 0 Å². The van der Waals surface area contributed by atoms with E-state index in [0.29, 0.717) is 12.5 Å². The number of hydrogen-bond donors (Lipinski definition) is 2. The van der Waals surface area contributed by atoms with Gasteiger partial charge >= 0.3 is 0 Å². The summed E-state index contributed by atoms with van der Waals surface area (Å²) in [6, 6.07) is 10.7. The van der Waals surface area contributed by atoms with Crippen molar-refractivity contribution < 1.29 is 10.1 Å². The van der Waals surface area contributed by atoms with Crippen LogP contribution in [0.15, 0.2) is 28.7 Å². The lowest BCUT2D eigenvalue weighted by atomic mass is 9.98. The Morgan fingerprint density at radius 1 is 1.50 bits per heavy atom. The quantitative estimate of drug-likeness (QED) is 0.778. The highest BCUT2D eigenvalue weighted by molar-refractivity contribution is 9.10. The van der Waals surface area contributed by atoms with Crippen LogP contribution in [0.3, 0.4) is 0 Å². The fraction of sp³-hybridized carbons (Fsp3) is 0.529. The summed E-state index contributed by atoms with van der Waals surface area (Å²) in [5, 5.41) is 14.2. The van der Waals surface area contributed by atoms with Crippen molar-refractivity contribution in [3.63, 3.8) is 0 Å². The third-order valence-corrected chi connectivity index (χ3v) is 4.88. The number of nitrogens with two attached hydrogens (primary N) is 1. The highest BCUT2D eigenvalue weighted by atomic mass is 79.9. The van der Waals surface area contributed by atoms with Gasteiger partial charge in [-0.05, 0) is 37.8 Å². The molecule has 4 nitrogen and oxygen atoms in total. The van der Waals surface area contributed by atoms with Crippen molar-refractivity contribution in [3.05, 3.63) is 34.3 Å². The first kappa shape index (κ1) is 17.0. The zero-order valence-corrected chi connectivity index (χ0v) is 14.7. The van der Waals surface area contributed by atoms with E-state index in [9.17, 15) is 10.1 Å². The summed E-state index contributed by atoms with van der Waals surface area (Å²) in [6.07, 6.45) is 3.02. The van der Waals surface area contributed by atoms with E-state index < -0.39 is 5.54 Å². The van der Waals surface area contributed by atoms with Gasteiger partial charge in [0.25, 0.3) is 5.91 Å². The van der Waals surface area contributed by atoms with E-state index in [-0.39, 0.29) is 11.9 Å². The topological polar surface area (TPSA) is 69.5 Å². The highest BCUT2D eigenvalue weighted by Gasteiger charge is 2.43. The molecule has 3 N–H and O–H groups in total. The van der Waals surface area contributed by atoms with Crippen molar-refractivity contribution in [2.75, 3.05) is 6.54 Å². The lowest BCUT2D eigenvalue weighted by Crippen LogP contribution is -2.87. The monoisotopic (exact) mass is 364 g/mol. The summed E-state index contributed by atoms with van der Waals surface area (Å²) in [7, 11) is 0. The van der Waals surface area contributed by atoms with Crippen LogP contribution < -0.4 is 10.6 Å². The molecule has 1 saturated carbocycles. The van der Waals surface area contributed by atoms with Crippen LogP contribution in [0.2, 0.25) is 0 Å². The van der Waals surface area contributed by atoms with Crippen LogP contribution in [0.25, 0.3) is 0 Å². The van der Waals surface area contributed by atoms with Gasteiger partial charge < -0.3 is 10.6 Å². The number of quaternary nitrogens is 1. The van der Waals surface area contributed by atoms with E-state index in [2.05, 4.69) is 46.4 Å². The molecule has 0 radical (unpaired) electrons. The molecule has 5 heteroatoms. The van der Waals surface area contributed by atoms with Crippen LogP contribution in [0, 0.1) is 17.2 Å². The maximum Gasteiger partial charge on any atom is 0.276 e. The van der Waals surface area contributed by atoms with Crippen LogP contribution >= 0.6 is 15.9 Å². The molecule has 0 bridgehead atoms. The highest BCUT2D eigenvalue weighted by Crippen LogP contribution is 2.39. The Kier molecular flexibility index (Phi) is 5.60. The summed E-state index contributed by atoms with van der Waals surface area (Å²) < 4.78 is 1.05. The van der Waals surface area contributed by atoms with Crippen molar-refractivity contribution in [3.8, 4) is 6.07 Å². The molecular formula is C17H23BrN3O+. The average Bonchev–Trinajstić information content (AvgIpc) is 3.34. The van der Waals surface area contributed by atoms with Gasteiger partial charge in [-0.2, -0.15) is 5.26 Å². The largest absolute Gasteiger partial charge is 0.333 e. The number of nitriles is 1. The van der Waals surface area contributed by atoms with Gasteiger partial charge in [0.1, 0.15) is 11.6 Å². The van der Waals surface area contributed by atoms with Crippen molar-refractivity contribution in [1.29, 1.82) is 5.26 Å². The predicted molar refractivity (Wildman–Crippen MR) is 88.9 cm³/mol. The Morgan fingerprint density at radius 3 is 2.64 bits per heavy atom. The second-order valence-corrected chi connectivity index (χ2v) is 7.06. The summed E-state index contributed by atoms with van der Waals surface area (Å²) in [5.74, 6) is 0.251. The van der Waals surface area contributed by atoms with Gasteiger partial charge in [0.05, 0.1) is 6.07 Å². The molecule has 2 atom stereocenters. The summed E-state index contributed by atoms with van der Waals surface area (Å²) >= 11 is 3.43. The van der Waals surface area contributed by atoms with E-state index in [1.807, 2.05) is 24.4 Å². The zero-order chi connectivity index (χ0) is 16.2. The third-order valence-electron chi connectivity index (χ3n) is 4.35. The Hall–Kier alpha value is -1.38. The Balaban J connectivity index is 1.89. The molecule has 2 rings (SSSR count). The second kappa shape index (κ2) is 7.26. The van der Waals surface area contributed by atoms with Gasteiger partial charge in [-0.1, -0.05) is 35.0 Å². The SMILES string of the molecule is CC[C@H]([NH2+]CC(=O)N[C@@](C)(C#N)C1CC1)c1ccc(Br)cc1. The number of benzene rings is 1. The Labute approximate surface area is 140 Å². The number of hydrogen-bond acceptors (Lipinski definition) is 2. The summed E-state index contributed by atoms with van der Waals surface area (Å²) in [4.78, 5) is 12.2. The van der Waals surface area contributed by atoms with Crippen LogP contribution in [0.4, 0.5) is 0 Å². The standard InChI is InChI=1S/C17H22BrN3O/c1-3-15(12-4-8-14(18)9-5-12)20-10-16(22)21-17(2,11-19)13-6-7-13/h4-5,8-9,13,15,20H,3,6-7,10H2,1-2H3,(H,21,22)/p+1/t15-,17-/m0/s1. The molecule has 0 aromatic heterocycles. The number of halogens is 1. The number of nitrogens with zero attached hydrogens (tertiary/aromatic N) is 1. The number of amides is 1. The smallest absolute Gasteiger partial charge is 0.276 e. The lowest BCUT2D eigenvalue weighted by Gasteiger charge is -2.23. The molecule has 1 aliphatic rings. The lowest BCUT2D eigenvalue weighted by molar-refractivity contribution is -0.686. The van der Waals surface area contributed by atoms with E-state index in [4.69, 9.17) is 0 Å². The predicted octanol–water partition coefficient (Wildman–Crippen LogP) is 2.27. The zero-order valence-electron chi connectivity index (χ0n) is 13.1. The maximum absolute atomic E-state index is 12.2.